The van der Waals surface area contributed by atoms with Crippen LogP contribution in [0.25, 0.3) is 16.9 Å². The number of benzene rings is 1. The van der Waals surface area contributed by atoms with E-state index in [0.29, 0.717) is 23.0 Å². The fourth-order valence-corrected chi connectivity index (χ4v) is 2.60. The second kappa shape index (κ2) is 5.52. The van der Waals surface area contributed by atoms with Gasteiger partial charge in [0, 0.05) is 11.5 Å². The lowest BCUT2D eigenvalue weighted by Gasteiger charge is -2.08. The predicted molar refractivity (Wildman–Crippen MR) is 90.7 cm³/mol. The minimum Gasteiger partial charge on any atom is -0.495 e. The molecule has 7 nitrogen and oxygen atoms in total. The molecule has 1 aromatic carbocycles. The molecule has 7 heteroatoms. The van der Waals surface area contributed by atoms with Gasteiger partial charge in [-0.1, -0.05) is 12.1 Å². The van der Waals surface area contributed by atoms with Crippen LogP contribution >= 0.6 is 0 Å². The van der Waals surface area contributed by atoms with Gasteiger partial charge >= 0.3 is 0 Å². The van der Waals surface area contributed by atoms with E-state index in [4.69, 9.17) is 10.5 Å². The number of methoxy groups -OCH3 is 1. The normalized spacial score (nSPS) is 13.9. The number of amides is 1. The van der Waals surface area contributed by atoms with Crippen molar-refractivity contribution in [1.29, 1.82) is 0 Å². The smallest absolute Gasteiger partial charge is 0.249 e. The van der Waals surface area contributed by atoms with Crippen molar-refractivity contribution >= 4 is 23.2 Å². The minimum atomic E-state index is -0.0124. The lowest BCUT2D eigenvalue weighted by atomic mass is 10.1. The van der Waals surface area contributed by atoms with Crippen LogP contribution in [0.15, 0.2) is 36.4 Å². The Labute approximate surface area is 138 Å². The number of carbonyl (C=O) groups excluding carboxylic acids is 1. The van der Waals surface area contributed by atoms with Crippen molar-refractivity contribution in [3.05, 3.63) is 36.4 Å². The highest BCUT2D eigenvalue weighted by molar-refractivity contribution is 5.92. The second-order valence-electron chi connectivity index (χ2n) is 5.84. The van der Waals surface area contributed by atoms with Crippen molar-refractivity contribution in [2.45, 2.75) is 12.8 Å². The molecule has 1 fully saturated rings. The van der Waals surface area contributed by atoms with E-state index in [1.54, 1.807) is 17.7 Å². The van der Waals surface area contributed by atoms with Crippen LogP contribution in [0.3, 0.4) is 0 Å². The number of hydrogen-bond acceptors (Lipinski definition) is 5. The summed E-state index contributed by atoms with van der Waals surface area (Å²) < 4.78 is 6.98. The van der Waals surface area contributed by atoms with Crippen molar-refractivity contribution in [3.8, 4) is 17.0 Å². The molecule has 3 N–H and O–H groups in total. The van der Waals surface area contributed by atoms with E-state index in [-0.39, 0.29) is 11.8 Å². The van der Waals surface area contributed by atoms with E-state index in [9.17, 15) is 4.79 Å². The molecule has 4 rings (SSSR count). The van der Waals surface area contributed by atoms with Crippen LogP contribution in [-0.4, -0.2) is 27.6 Å². The molecule has 0 spiro atoms. The van der Waals surface area contributed by atoms with Crippen molar-refractivity contribution in [2.24, 2.45) is 5.92 Å². The molecule has 1 amide bonds. The van der Waals surface area contributed by atoms with Crippen molar-refractivity contribution in [3.63, 3.8) is 0 Å². The highest BCUT2D eigenvalue weighted by Crippen LogP contribution is 2.31. The Bertz CT molecular complexity index is 930. The fourth-order valence-electron chi connectivity index (χ4n) is 2.60. The van der Waals surface area contributed by atoms with Gasteiger partial charge in [0.1, 0.15) is 5.75 Å². The first-order valence-electron chi connectivity index (χ1n) is 7.76. The van der Waals surface area contributed by atoms with Gasteiger partial charge in [0.25, 0.3) is 0 Å². The fraction of sp³-hybridized carbons (Fsp3) is 0.235. The monoisotopic (exact) mass is 323 g/mol. The van der Waals surface area contributed by atoms with Crippen LogP contribution in [0.1, 0.15) is 12.8 Å². The molecule has 0 saturated heterocycles. The SMILES string of the molecule is COc1cc(-c2cccc3nc(NC(=O)C4CC4)nn23)ccc1N. The number of carbonyl (C=O) groups is 1. The summed E-state index contributed by atoms with van der Waals surface area (Å²) in [6.45, 7) is 0. The largest absolute Gasteiger partial charge is 0.495 e. The number of nitrogens with one attached hydrogen (secondary N) is 1. The maximum absolute atomic E-state index is 11.9. The molecule has 1 aliphatic rings. The molecule has 2 aromatic heterocycles. The van der Waals surface area contributed by atoms with Gasteiger partial charge in [-0.15, -0.1) is 5.10 Å². The zero-order valence-corrected chi connectivity index (χ0v) is 13.2. The summed E-state index contributed by atoms with van der Waals surface area (Å²) in [6.07, 6.45) is 1.88. The zero-order chi connectivity index (χ0) is 16.7. The number of ether oxygens (including phenoxy) is 1. The quantitative estimate of drug-likeness (QED) is 0.719. The number of rotatable bonds is 4. The summed E-state index contributed by atoms with van der Waals surface area (Å²) in [5, 5.41) is 7.20. The Morgan fingerprint density at radius 3 is 2.92 bits per heavy atom. The summed E-state index contributed by atoms with van der Waals surface area (Å²) in [7, 11) is 1.58. The van der Waals surface area contributed by atoms with Crippen LogP contribution < -0.4 is 15.8 Å². The molecule has 0 bridgehead atoms. The number of hydrogen-bond donors (Lipinski definition) is 2. The Balaban J connectivity index is 1.75. The topological polar surface area (TPSA) is 94.5 Å². The number of anilines is 2. The number of aromatic nitrogens is 3. The highest BCUT2D eigenvalue weighted by atomic mass is 16.5. The predicted octanol–water partition coefficient (Wildman–Crippen LogP) is 2.34. The van der Waals surface area contributed by atoms with Gasteiger partial charge in [0.2, 0.25) is 11.9 Å². The summed E-state index contributed by atoms with van der Waals surface area (Å²) in [4.78, 5) is 16.3. The molecule has 1 saturated carbocycles. The third-order valence-corrected chi connectivity index (χ3v) is 4.07. The third-order valence-electron chi connectivity index (χ3n) is 4.07. The number of fused-ring (bicyclic) bond motifs is 1. The molecule has 0 unspecified atom stereocenters. The first-order chi connectivity index (χ1) is 11.7. The molecule has 0 atom stereocenters. The molecule has 0 aliphatic heterocycles. The van der Waals surface area contributed by atoms with Crippen LogP contribution in [-0.2, 0) is 4.79 Å². The van der Waals surface area contributed by atoms with Gasteiger partial charge in [-0.2, -0.15) is 4.98 Å². The van der Waals surface area contributed by atoms with Gasteiger partial charge in [0.15, 0.2) is 5.65 Å². The molecule has 24 heavy (non-hydrogen) atoms. The average molecular weight is 323 g/mol. The molecule has 2 heterocycles. The maximum atomic E-state index is 11.9. The van der Waals surface area contributed by atoms with Crippen molar-refractivity contribution < 1.29 is 9.53 Å². The summed E-state index contributed by atoms with van der Waals surface area (Å²) in [6, 6.07) is 11.2. The van der Waals surface area contributed by atoms with E-state index in [1.807, 2.05) is 30.3 Å². The Morgan fingerprint density at radius 1 is 1.33 bits per heavy atom. The van der Waals surface area contributed by atoms with E-state index >= 15 is 0 Å². The van der Waals surface area contributed by atoms with Crippen LogP contribution in [0.4, 0.5) is 11.6 Å². The van der Waals surface area contributed by atoms with Gasteiger partial charge in [-0.3, -0.25) is 10.1 Å². The van der Waals surface area contributed by atoms with E-state index in [1.165, 1.54) is 0 Å². The summed E-state index contributed by atoms with van der Waals surface area (Å²) in [5.41, 5.74) is 8.85. The van der Waals surface area contributed by atoms with Gasteiger partial charge in [-0.25, -0.2) is 4.52 Å². The van der Waals surface area contributed by atoms with Gasteiger partial charge < -0.3 is 10.5 Å². The number of pyridine rings is 1. The van der Waals surface area contributed by atoms with Crippen molar-refractivity contribution in [1.82, 2.24) is 14.6 Å². The first-order valence-corrected chi connectivity index (χ1v) is 7.76. The van der Waals surface area contributed by atoms with Crippen molar-refractivity contribution in [2.75, 3.05) is 18.2 Å². The molecule has 3 aromatic rings. The molecule has 1 aliphatic carbocycles. The Hall–Kier alpha value is -3.09. The standard InChI is InChI=1S/C17H17N5O2/c1-24-14-9-11(7-8-12(14)18)13-3-2-4-15-19-17(21-22(13)15)20-16(23)10-5-6-10/h2-4,7-10H,5-6,18H2,1H3,(H,20,21,23). The minimum absolute atomic E-state index is 0.0124. The molecular weight excluding hydrogens is 306 g/mol. The summed E-state index contributed by atoms with van der Waals surface area (Å²) in [5.74, 6) is 1.02. The Kier molecular flexibility index (Phi) is 3.34. The van der Waals surface area contributed by atoms with E-state index in [0.717, 1.165) is 24.1 Å². The second-order valence-corrected chi connectivity index (χ2v) is 5.84. The van der Waals surface area contributed by atoms with Gasteiger partial charge in [-0.05, 0) is 37.1 Å². The average Bonchev–Trinajstić information content (AvgIpc) is 3.35. The summed E-state index contributed by atoms with van der Waals surface area (Å²) >= 11 is 0. The number of nitrogens with two attached hydrogens (primary N) is 1. The number of nitrogen functional groups attached to an aromatic ring is 1. The van der Waals surface area contributed by atoms with Gasteiger partial charge in [0.05, 0.1) is 18.5 Å². The number of nitrogens with zero attached hydrogens (tertiary/aromatic N) is 3. The van der Waals surface area contributed by atoms with Crippen LogP contribution in [0, 0.1) is 5.92 Å². The van der Waals surface area contributed by atoms with Crippen LogP contribution in [0.2, 0.25) is 0 Å². The van der Waals surface area contributed by atoms with E-state index < -0.39 is 0 Å². The first kappa shape index (κ1) is 14.5. The Morgan fingerprint density at radius 2 is 2.17 bits per heavy atom. The molecule has 122 valence electrons. The third kappa shape index (κ3) is 2.54. The molecular formula is C17H17N5O2. The zero-order valence-electron chi connectivity index (χ0n) is 13.2. The van der Waals surface area contributed by atoms with E-state index in [2.05, 4.69) is 15.4 Å². The highest BCUT2D eigenvalue weighted by Gasteiger charge is 2.30. The lowest BCUT2D eigenvalue weighted by molar-refractivity contribution is -0.117. The van der Waals surface area contributed by atoms with Crippen LogP contribution in [0.5, 0.6) is 5.75 Å². The molecule has 0 radical (unpaired) electrons. The maximum Gasteiger partial charge on any atom is 0.249 e. The lowest BCUT2D eigenvalue weighted by Crippen LogP contribution is -2.14.